The molecule has 0 aliphatic rings. The van der Waals surface area contributed by atoms with Crippen LogP contribution in [0.1, 0.15) is 17.0 Å². The minimum absolute atomic E-state index is 0.506. The lowest BCUT2D eigenvalue weighted by molar-refractivity contribution is 0.944. The van der Waals surface area contributed by atoms with E-state index in [4.69, 9.17) is 5.73 Å². The minimum atomic E-state index is 0.506. The summed E-state index contributed by atoms with van der Waals surface area (Å²) in [6, 6.07) is 10.3. The van der Waals surface area contributed by atoms with Crippen LogP contribution in [0.2, 0.25) is 0 Å². The predicted molar refractivity (Wildman–Crippen MR) is 85.3 cm³/mol. The highest BCUT2D eigenvalue weighted by Gasteiger charge is 2.11. The van der Waals surface area contributed by atoms with Crippen LogP contribution in [-0.4, -0.2) is 9.97 Å². The highest BCUT2D eigenvalue weighted by molar-refractivity contribution is 8.01. The van der Waals surface area contributed by atoms with E-state index in [-0.39, 0.29) is 0 Å². The average Bonchev–Trinajstić information content (AvgIpc) is 2.80. The van der Waals surface area contributed by atoms with Crippen molar-refractivity contribution in [2.75, 3.05) is 0 Å². The van der Waals surface area contributed by atoms with E-state index >= 15 is 0 Å². The van der Waals surface area contributed by atoms with Crippen LogP contribution in [0.3, 0.4) is 0 Å². The van der Waals surface area contributed by atoms with Crippen molar-refractivity contribution in [3.05, 3.63) is 47.3 Å². The average molecular weight is 301 g/mol. The second-order valence-corrected chi connectivity index (χ2v) is 6.90. The molecule has 0 amide bonds. The van der Waals surface area contributed by atoms with Crippen LogP contribution in [0, 0.1) is 13.8 Å². The van der Waals surface area contributed by atoms with Crippen molar-refractivity contribution >= 4 is 33.3 Å². The molecule has 3 aromatic rings. The molecular formula is C15H15N3S2. The summed E-state index contributed by atoms with van der Waals surface area (Å²) < 4.78 is 2.26. The van der Waals surface area contributed by atoms with E-state index in [1.807, 2.05) is 32.0 Å². The summed E-state index contributed by atoms with van der Waals surface area (Å²) in [7, 11) is 0. The Morgan fingerprint density at radius 3 is 2.75 bits per heavy atom. The van der Waals surface area contributed by atoms with E-state index in [2.05, 4.69) is 22.1 Å². The van der Waals surface area contributed by atoms with E-state index in [1.54, 1.807) is 23.1 Å². The van der Waals surface area contributed by atoms with Gasteiger partial charge in [-0.1, -0.05) is 23.9 Å². The van der Waals surface area contributed by atoms with Crippen molar-refractivity contribution in [1.82, 2.24) is 9.97 Å². The third kappa shape index (κ3) is 2.57. The largest absolute Gasteiger partial charge is 0.326 e. The van der Waals surface area contributed by atoms with E-state index < -0.39 is 0 Å². The number of aromatic nitrogens is 2. The van der Waals surface area contributed by atoms with Gasteiger partial charge in [-0.2, -0.15) is 0 Å². The first-order chi connectivity index (χ1) is 9.67. The zero-order valence-electron chi connectivity index (χ0n) is 11.4. The lowest BCUT2D eigenvalue weighted by atomic mass is 10.2. The minimum Gasteiger partial charge on any atom is -0.326 e. The maximum atomic E-state index is 5.86. The van der Waals surface area contributed by atoms with Crippen molar-refractivity contribution in [3.63, 3.8) is 0 Å². The van der Waals surface area contributed by atoms with Crippen molar-refractivity contribution in [1.29, 1.82) is 0 Å². The summed E-state index contributed by atoms with van der Waals surface area (Å²) in [5.41, 5.74) is 10.1. The summed E-state index contributed by atoms with van der Waals surface area (Å²) in [5, 5.41) is 0. The molecule has 0 spiro atoms. The van der Waals surface area contributed by atoms with E-state index in [9.17, 15) is 0 Å². The standard InChI is InChI=1S/C15H15N3S2/c1-9-7-14(11(8-16)10(2)17-9)20-15-18-12-5-3-4-6-13(12)19-15/h3-7H,8,16H2,1-2H3. The summed E-state index contributed by atoms with van der Waals surface area (Å²) in [4.78, 5) is 10.3. The molecule has 0 saturated heterocycles. The van der Waals surface area contributed by atoms with Gasteiger partial charge in [0.25, 0.3) is 0 Å². The molecule has 0 saturated carbocycles. The Labute approximate surface area is 126 Å². The smallest absolute Gasteiger partial charge is 0.155 e. The van der Waals surface area contributed by atoms with Crippen molar-refractivity contribution in [3.8, 4) is 0 Å². The Bertz CT molecular complexity index is 732. The van der Waals surface area contributed by atoms with E-state index in [1.165, 1.54) is 4.70 Å². The molecule has 3 nitrogen and oxygen atoms in total. The number of pyridine rings is 1. The van der Waals surface area contributed by atoms with Gasteiger partial charge in [0.15, 0.2) is 4.34 Å². The van der Waals surface area contributed by atoms with Gasteiger partial charge in [0.05, 0.1) is 10.2 Å². The van der Waals surface area contributed by atoms with Gasteiger partial charge in [-0.3, -0.25) is 4.98 Å². The zero-order chi connectivity index (χ0) is 14.1. The molecule has 0 atom stereocenters. The monoisotopic (exact) mass is 301 g/mol. The lowest BCUT2D eigenvalue weighted by Gasteiger charge is -2.09. The van der Waals surface area contributed by atoms with Crippen LogP contribution in [0.4, 0.5) is 0 Å². The fourth-order valence-electron chi connectivity index (χ4n) is 2.15. The topological polar surface area (TPSA) is 51.8 Å². The Morgan fingerprint density at radius 1 is 1.20 bits per heavy atom. The number of thiazole rings is 1. The Morgan fingerprint density at radius 2 is 2.00 bits per heavy atom. The first-order valence-corrected chi connectivity index (χ1v) is 8.01. The number of rotatable bonds is 3. The third-order valence-electron chi connectivity index (χ3n) is 3.09. The van der Waals surface area contributed by atoms with E-state index in [0.717, 1.165) is 31.7 Å². The normalized spacial score (nSPS) is 11.2. The molecule has 0 radical (unpaired) electrons. The van der Waals surface area contributed by atoms with Crippen LogP contribution in [0.25, 0.3) is 10.2 Å². The van der Waals surface area contributed by atoms with Gasteiger partial charge >= 0.3 is 0 Å². The van der Waals surface area contributed by atoms with Crippen molar-refractivity contribution in [2.24, 2.45) is 5.73 Å². The highest BCUT2D eigenvalue weighted by atomic mass is 32.2. The molecule has 102 valence electrons. The number of nitrogens with two attached hydrogens (primary N) is 1. The summed E-state index contributed by atoms with van der Waals surface area (Å²) in [5.74, 6) is 0. The van der Waals surface area contributed by atoms with Gasteiger partial charge in [-0.15, -0.1) is 11.3 Å². The molecular weight excluding hydrogens is 286 g/mol. The molecule has 0 fully saturated rings. The first kappa shape index (κ1) is 13.5. The molecule has 2 N–H and O–H groups in total. The number of fused-ring (bicyclic) bond motifs is 1. The molecule has 2 heterocycles. The van der Waals surface area contributed by atoms with Crippen LogP contribution in [0.5, 0.6) is 0 Å². The number of hydrogen-bond donors (Lipinski definition) is 1. The Hall–Kier alpha value is -1.43. The van der Waals surface area contributed by atoms with Crippen molar-refractivity contribution in [2.45, 2.75) is 29.6 Å². The number of nitrogens with zero attached hydrogens (tertiary/aromatic N) is 2. The van der Waals surface area contributed by atoms with E-state index in [0.29, 0.717) is 6.54 Å². The van der Waals surface area contributed by atoms with Gasteiger partial charge in [0, 0.05) is 28.4 Å². The summed E-state index contributed by atoms with van der Waals surface area (Å²) in [6.45, 7) is 4.53. The molecule has 1 aromatic carbocycles. The maximum absolute atomic E-state index is 5.86. The van der Waals surface area contributed by atoms with Crippen LogP contribution < -0.4 is 5.73 Å². The predicted octanol–water partition coefficient (Wildman–Crippen LogP) is 3.92. The summed E-state index contributed by atoms with van der Waals surface area (Å²) in [6.07, 6.45) is 0. The molecule has 3 rings (SSSR count). The lowest BCUT2D eigenvalue weighted by Crippen LogP contribution is -2.04. The molecule has 2 aromatic heterocycles. The Balaban J connectivity index is 2.02. The molecule has 0 aliphatic heterocycles. The number of hydrogen-bond acceptors (Lipinski definition) is 5. The van der Waals surface area contributed by atoms with Gasteiger partial charge < -0.3 is 5.73 Å². The van der Waals surface area contributed by atoms with Gasteiger partial charge in [0.1, 0.15) is 0 Å². The third-order valence-corrected chi connectivity index (χ3v) is 5.27. The fraction of sp³-hybridized carbons (Fsp3) is 0.200. The number of para-hydroxylation sites is 1. The maximum Gasteiger partial charge on any atom is 0.155 e. The van der Waals surface area contributed by atoms with Gasteiger partial charge in [-0.25, -0.2) is 4.98 Å². The second-order valence-electron chi connectivity index (χ2n) is 4.58. The number of benzene rings is 1. The van der Waals surface area contributed by atoms with Crippen molar-refractivity contribution < 1.29 is 0 Å². The van der Waals surface area contributed by atoms with Gasteiger partial charge in [0.2, 0.25) is 0 Å². The highest BCUT2D eigenvalue weighted by Crippen LogP contribution is 2.36. The molecule has 5 heteroatoms. The van der Waals surface area contributed by atoms with Crippen LogP contribution in [-0.2, 0) is 6.54 Å². The second kappa shape index (κ2) is 5.52. The zero-order valence-corrected chi connectivity index (χ0v) is 13.0. The van der Waals surface area contributed by atoms with Gasteiger partial charge in [-0.05, 0) is 32.0 Å². The SMILES string of the molecule is Cc1cc(Sc2nc3ccccc3s2)c(CN)c(C)n1. The number of aryl methyl sites for hydroxylation is 2. The quantitative estimate of drug-likeness (QED) is 0.796. The van der Waals surface area contributed by atoms with Crippen LogP contribution in [0.15, 0.2) is 39.6 Å². The first-order valence-electron chi connectivity index (χ1n) is 6.38. The molecule has 0 bridgehead atoms. The molecule has 0 aliphatic carbocycles. The molecule has 0 unspecified atom stereocenters. The molecule has 20 heavy (non-hydrogen) atoms. The summed E-state index contributed by atoms with van der Waals surface area (Å²) >= 11 is 3.39. The fourth-order valence-corrected chi connectivity index (χ4v) is 4.47. The Kier molecular flexibility index (Phi) is 3.74. The van der Waals surface area contributed by atoms with Crippen LogP contribution >= 0.6 is 23.1 Å².